The third-order valence-electron chi connectivity index (χ3n) is 13.4. The molecule has 0 saturated carbocycles. The number of nitriles is 2. The van der Waals surface area contributed by atoms with Gasteiger partial charge in [0.25, 0.3) is 0 Å². The Kier molecular flexibility index (Phi) is 10.0. The summed E-state index contributed by atoms with van der Waals surface area (Å²) in [6, 6.07) is 77.3. The summed E-state index contributed by atoms with van der Waals surface area (Å²) in [5.41, 5.74) is 12.0. The van der Waals surface area contributed by atoms with Crippen LogP contribution in [0.4, 0.5) is 13.2 Å². The quantitative estimate of drug-likeness (QED) is 0.160. The fraction of sp³-hybridized carbons (Fsp3) is 0.0159. The SMILES string of the molecule is N#Cc1cc(-c2ccc(-n3c4ccc(-c5ccccc5)cc4c4cc(-c5ccccc5)ccc43)c(C#N)c2-n2c3ccc(-c4ccccc4)cc3c3cc(-c4ccccc4)ccc32)cc(C(F)(F)F)c1. The summed E-state index contributed by atoms with van der Waals surface area (Å²) >= 11 is 0. The van der Waals surface area contributed by atoms with Gasteiger partial charge in [0.15, 0.2) is 0 Å². The van der Waals surface area contributed by atoms with E-state index in [1.807, 2.05) is 114 Å². The summed E-state index contributed by atoms with van der Waals surface area (Å²) in [5, 5.41) is 25.7. The molecule has 0 atom stereocenters. The zero-order valence-electron chi connectivity index (χ0n) is 37.3. The highest BCUT2D eigenvalue weighted by atomic mass is 19.4. The van der Waals surface area contributed by atoms with E-state index in [4.69, 9.17) is 0 Å². The fourth-order valence-corrected chi connectivity index (χ4v) is 10.1. The molecule has 2 heterocycles. The molecule has 70 heavy (non-hydrogen) atoms. The smallest absolute Gasteiger partial charge is 0.308 e. The molecule has 12 rings (SSSR count). The molecule has 0 amide bonds. The molecule has 10 aromatic carbocycles. The van der Waals surface area contributed by atoms with Crippen molar-refractivity contribution < 1.29 is 13.2 Å². The Hall–Kier alpha value is -9.43. The van der Waals surface area contributed by atoms with Gasteiger partial charge >= 0.3 is 6.18 Å². The first-order valence-electron chi connectivity index (χ1n) is 22.8. The lowest BCUT2D eigenvalue weighted by atomic mass is 9.95. The molecule has 0 unspecified atom stereocenters. The van der Waals surface area contributed by atoms with Crippen LogP contribution >= 0.6 is 0 Å². The average Bonchev–Trinajstić information content (AvgIpc) is 3.92. The summed E-state index contributed by atoms with van der Waals surface area (Å²) in [5.74, 6) is 0. The minimum atomic E-state index is -4.74. The number of benzene rings is 10. The Morgan fingerprint density at radius 2 is 0.729 bits per heavy atom. The highest BCUT2D eigenvalue weighted by Gasteiger charge is 2.32. The zero-order valence-corrected chi connectivity index (χ0v) is 37.3. The van der Waals surface area contributed by atoms with Gasteiger partial charge in [-0.3, -0.25) is 0 Å². The molecule has 330 valence electrons. The number of halogens is 3. The summed E-state index contributed by atoms with van der Waals surface area (Å²) in [7, 11) is 0. The Bertz CT molecular complexity index is 3910. The molecule has 4 nitrogen and oxygen atoms in total. The van der Waals surface area contributed by atoms with Gasteiger partial charge in [-0.25, -0.2) is 0 Å². The minimum Gasteiger partial charge on any atom is -0.308 e. The first-order chi connectivity index (χ1) is 34.2. The maximum Gasteiger partial charge on any atom is 0.416 e. The summed E-state index contributed by atoms with van der Waals surface area (Å²) in [6.45, 7) is 0. The van der Waals surface area contributed by atoms with Crippen molar-refractivity contribution in [1.29, 1.82) is 10.5 Å². The second kappa shape index (κ2) is 16.7. The largest absolute Gasteiger partial charge is 0.416 e. The van der Waals surface area contributed by atoms with E-state index in [9.17, 15) is 23.7 Å². The lowest BCUT2D eigenvalue weighted by Gasteiger charge is -2.21. The predicted molar refractivity (Wildman–Crippen MR) is 277 cm³/mol. The Labute approximate surface area is 401 Å². The highest BCUT2D eigenvalue weighted by molar-refractivity contribution is 6.14. The van der Waals surface area contributed by atoms with Crippen molar-refractivity contribution in [3.63, 3.8) is 0 Å². The van der Waals surface area contributed by atoms with Crippen molar-refractivity contribution in [3.05, 3.63) is 241 Å². The van der Waals surface area contributed by atoms with E-state index in [1.54, 1.807) is 6.07 Å². The maximum absolute atomic E-state index is 14.7. The normalized spacial score (nSPS) is 11.6. The molecular formula is C63H37F3N4. The molecule has 2 aromatic heterocycles. The fourth-order valence-electron chi connectivity index (χ4n) is 10.1. The van der Waals surface area contributed by atoms with Crippen LogP contribution in [-0.4, -0.2) is 9.13 Å². The van der Waals surface area contributed by atoms with Gasteiger partial charge in [0.2, 0.25) is 0 Å². The standard InChI is InChI=1S/C63H37F3N4/c64-63(65,66)50-32-40(38-67)31-49(33-50)51-25-30-61(69-57-26-21-45(41-13-5-1-6-14-41)34-52(57)53-35-46(22-27-58(53)69)42-15-7-2-8-16-42)56(39-68)62(51)70-59-28-23-47(43-17-9-3-10-18-43)36-54(59)55-37-48(24-29-60(55)70)44-19-11-4-12-20-44/h1-37H. The Morgan fingerprint density at radius 1 is 0.343 bits per heavy atom. The molecule has 0 bridgehead atoms. The van der Waals surface area contributed by atoms with Crippen molar-refractivity contribution in [2.75, 3.05) is 0 Å². The van der Waals surface area contributed by atoms with Crippen LogP contribution in [0.25, 0.3) is 111 Å². The van der Waals surface area contributed by atoms with Crippen molar-refractivity contribution >= 4 is 43.6 Å². The molecule has 0 spiro atoms. The summed E-state index contributed by atoms with van der Waals surface area (Å²) in [4.78, 5) is 0. The van der Waals surface area contributed by atoms with Crippen molar-refractivity contribution in [3.8, 4) is 79.1 Å². The van der Waals surface area contributed by atoms with Crippen LogP contribution in [-0.2, 0) is 6.18 Å². The van der Waals surface area contributed by atoms with Gasteiger partial charge in [0, 0.05) is 27.1 Å². The summed E-state index contributed by atoms with van der Waals surface area (Å²) < 4.78 is 48.3. The number of hydrogen-bond acceptors (Lipinski definition) is 2. The third kappa shape index (κ3) is 7.08. The molecule has 0 aliphatic carbocycles. The van der Waals surface area contributed by atoms with E-state index < -0.39 is 11.7 Å². The van der Waals surface area contributed by atoms with E-state index in [-0.39, 0.29) is 16.7 Å². The van der Waals surface area contributed by atoms with Gasteiger partial charge in [-0.15, -0.1) is 0 Å². The zero-order chi connectivity index (χ0) is 47.5. The van der Waals surface area contributed by atoms with Crippen LogP contribution in [0, 0.1) is 22.7 Å². The van der Waals surface area contributed by atoms with E-state index in [2.05, 4.69) is 108 Å². The topological polar surface area (TPSA) is 57.4 Å². The van der Waals surface area contributed by atoms with Crippen molar-refractivity contribution in [2.45, 2.75) is 6.18 Å². The number of nitrogens with zero attached hydrogens (tertiary/aromatic N) is 4. The van der Waals surface area contributed by atoms with Crippen molar-refractivity contribution in [1.82, 2.24) is 9.13 Å². The first kappa shape index (κ1) is 42.0. The lowest BCUT2D eigenvalue weighted by molar-refractivity contribution is -0.137. The van der Waals surface area contributed by atoms with Gasteiger partial charge in [0.05, 0.1) is 50.6 Å². The lowest BCUT2D eigenvalue weighted by Crippen LogP contribution is -2.08. The van der Waals surface area contributed by atoms with E-state index in [1.165, 1.54) is 6.07 Å². The number of fused-ring (bicyclic) bond motifs is 6. The predicted octanol–water partition coefficient (Wildman–Crippen LogP) is 17.0. The molecule has 7 heteroatoms. The number of alkyl halides is 3. The molecular weight excluding hydrogens is 870 g/mol. The number of rotatable bonds is 7. The highest BCUT2D eigenvalue weighted by Crippen LogP contribution is 2.45. The second-order valence-corrected chi connectivity index (χ2v) is 17.4. The van der Waals surface area contributed by atoms with Crippen LogP contribution < -0.4 is 0 Å². The average molecular weight is 907 g/mol. The molecule has 0 fully saturated rings. The van der Waals surface area contributed by atoms with Crippen LogP contribution in [0.1, 0.15) is 16.7 Å². The maximum atomic E-state index is 14.7. The molecule has 0 radical (unpaired) electrons. The molecule has 0 aliphatic heterocycles. The van der Waals surface area contributed by atoms with E-state index >= 15 is 0 Å². The van der Waals surface area contributed by atoms with Gasteiger partial charge < -0.3 is 9.13 Å². The Morgan fingerprint density at radius 3 is 1.09 bits per heavy atom. The first-order valence-corrected chi connectivity index (χ1v) is 22.8. The Balaban J connectivity index is 1.21. The van der Waals surface area contributed by atoms with Gasteiger partial charge in [-0.05, 0) is 123 Å². The molecule has 0 N–H and O–H groups in total. The monoisotopic (exact) mass is 906 g/mol. The molecule has 0 saturated heterocycles. The van der Waals surface area contributed by atoms with Gasteiger partial charge in [0.1, 0.15) is 11.6 Å². The van der Waals surface area contributed by atoms with E-state index in [0.29, 0.717) is 16.9 Å². The number of aromatic nitrogens is 2. The van der Waals surface area contributed by atoms with Crippen LogP contribution in [0.15, 0.2) is 224 Å². The van der Waals surface area contributed by atoms with Crippen molar-refractivity contribution in [2.24, 2.45) is 0 Å². The summed E-state index contributed by atoms with van der Waals surface area (Å²) in [6.07, 6.45) is -4.74. The second-order valence-electron chi connectivity index (χ2n) is 17.4. The van der Waals surface area contributed by atoms with Crippen LogP contribution in [0.2, 0.25) is 0 Å². The van der Waals surface area contributed by atoms with E-state index in [0.717, 1.165) is 100 Å². The van der Waals surface area contributed by atoms with Gasteiger partial charge in [-0.1, -0.05) is 152 Å². The van der Waals surface area contributed by atoms with Crippen LogP contribution in [0.5, 0.6) is 0 Å². The third-order valence-corrected chi connectivity index (χ3v) is 13.4. The van der Waals surface area contributed by atoms with Gasteiger partial charge in [-0.2, -0.15) is 23.7 Å². The molecule has 12 aromatic rings. The van der Waals surface area contributed by atoms with Crippen LogP contribution in [0.3, 0.4) is 0 Å². The molecule has 0 aliphatic rings. The number of hydrogen-bond donors (Lipinski definition) is 0. The minimum absolute atomic E-state index is 0.147.